The van der Waals surface area contributed by atoms with E-state index < -0.39 is 0 Å². The molecule has 80 heavy (non-hydrogen) atoms. The van der Waals surface area contributed by atoms with E-state index in [0.29, 0.717) is 0 Å². The summed E-state index contributed by atoms with van der Waals surface area (Å²) in [5.41, 5.74) is 0. The van der Waals surface area contributed by atoms with E-state index in [-0.39, 0.29) is 6.67 Å². The second-order valence-corrected chi connectivity index (χ2v) is 8.03. The van der Waals surface area contributed by atoms with Gasteiger partial charge in [0.2, 0.25) is 0 Å². The summed E-state index contributed by atoms with van der Waals surface area (Å²) < 4.78 is 10.3. The fourth-order valence-electron chi connectivity index (χ4n) is 0. The van der Waals surface area contributed by atoms with Crippen LogP contribution in [-0.2, 0) is 0 Å². The van der Waals surface area contributed by atoms with Crippen LogP contribution in [0, 0.1) is 24.2 Å². The Morgan fingerprint density at radius 2 is 0.338 bits per heavy atom. The van der Waals surface area contributed by atoms with Gasteiger partial charge in [-0.25, -0.2) is 0 Å². The number of alkyl halides is 1. The van der Waals surface area contributed by atoms with Crippen molar-refractivity contribution in [2.45, 2.75) is 468 Å². The standard InChI is InChI=1S/C5H12.2C4H10.3C3H8.2C3H6.C3H4.C2H5F.22C2H6.C2H4/c1-4-5(2)3;1-4(2)3;1-3-4-2;6*1-3-2;1-2-3;23*1-2/h5H,4H2,1-3H3;4H,1-3H3;3-4H2,1-2H3;3*3H2,1-2H3;2*3H,1H2,2H3;1H,2H3;2H2,1H3;22*1-2H3;1-2H2. The van der Waals surface area contributed by atoms with Crippen molar-refractivity contribution in [2.75, 3.05) is 6.67 Å². The van der Waals surface area contributed by atoms with Crippen LogP contribution >= 0.6 is 0 Å². The highest BCUT2D eigenvalue weighted by atomic mass is 19.1. The van der Waals surface area contributed by atoms with Gasteiger partial charge in [0.25, 0.3) is 0 Å². The maximum atomic E-state index is 10.3. The Kier molecular flexibility index (Phi) is 6010. The predicted molar refractivity (Wildman–Crippen MR) is 433 cm³/mol. The van der Waals surface area contributed by atoms with E-state index in [0.717, 1.165) is 11.8 Å². The quantitative estimate of drug-likeness (QED) is 0.191. The monoisotopic (exact) mass is 1180 g/mol. The van der Waals surface area contributed by atoms with Gasteiger partial charge in [-0.05, 0) is 39.5 Å². The molecule has 0 amide bonds. The normalized spacial score (nSPS) is 4.45. The molecule has 0 aromatic heterocycles. The van der Waals surface area contributed by atoms with Crippen molar-refractivity contribution in [1.29, 1.82) is 0 Å². The molecule has 0 bridgehead atoms. The summed E-state index contributed by atoms with van der Waals surface area (Å²) >= 11 is 0. The number of terminal acetylenes is 1. The molecule has 0 saturated carbocycles. The third-order valence-electron chi connectivity index (χ3n) is 1.32. The van der Waals surface area contributed by atoms with Gasteiger partial charge in [0.05, 0.1) is 6.67 Å². The molecule has 0 rings (SSSR count). The van der Waals surface area contributed by atoms with E-state index in [4.69, 9.17) is 0 Å². The van der Waals surface area contributed by atoms with E-state index in [1.165, 1.54) is 45.4 Å². The van der Waals surface area contributed by atoms with Gasteiger partial charge in [0.15, 0.2) is 0 Å². The first-order valence-electron chi connectivity index (χ1n) is 36.4. The molecule has 0 spiro atoms. The van der Waals surface area contributed by atoms with Crippen LogP contribution in [-0.4, -0.2) is 6.67 Å². The maximum absolute atomic E-state index is 10.3. The summed E-state index contributed by atoms with van der Waals surface area (Å²) in [6.07, 6.45) is 15.8. The Balaban J connectivity index is -0.00000000923. The van der Waals surface area contributed by atoms with Crippen molar-refractivity contribution in [1.82, 2.24) is 0 Å². The van der Waals surface area contributed by atoms with Gasteiger partial charge in [0.1, 0.15) is 0 Å². The maximum Gasteiger partial charge on any atom is 0.0866 e. The molecule has 0 heterocycles. The van der Waals surface area contributed by atoms with Crippen molar-refractivity contribution in [3.05, 3.63) is 38.5 Å². The molecule has 0 aliphatic rings. The second kappa shape index (κ2) is 2110. The minimum Gasteiger partial charge on any atom is -0.251 e. The molecular formula is C79H213F. The molecule has 0 radical (unpaired) electrons. The third-order valence-corrected chi connectivity index (χ3v) is 1.32. The number of rotatable bonds is 2. The molecule has 0 N–H and O–H groups in total. The zero-order valence-electron chi connectivity index (χ0n) is 73.5. The number of unbranched alkanes of at least 4 members (excludes halogenated alkanes) is 1. The first-order chi connectivity index (χ1) is 38.8. The van der Waals surface area contributed by atoms with E-state index in [1.54, 1.807) is 19.1 Å². The second-order valence-electron chi connectivity index (χ2n) is 8.03. The molecule has 0 aromatic rings. The molecule has 0 unspecified atom stereocenters. The molecule has 0 saturated heterocycles. The van der Waals surface area contributed by atoms with Gasteiger partial charge in [-0.3, -0.25) is 4.39 Å². The van der Waals surface area contributed by atoms with Crippen LogP contribution < -0.4 is 0 Å². The third kappa shape index (κ3) is 150000. The van der Waals surface area contributed by atoms with Crippen molar-refractivity contribution in [2.24, 2.45) is 11.8 Å². The average molecular weight is 1180 g/mol. The molecule has 1 heteroatoms. The fraction of sp³-hybridized carbons (Fsp3) is 0.899. The number of hydrogen-bond donors (Lipinski definition) is 0. The molecule has 0 aliphatic heterocycles. The van der Waals surface area contributed by atoms with Crippen LogP contribution in [0.15, 0.2) is 38.5 Å². The van der Waals surface area contributed by atoms with Gasteiger partial charge in [-0.1, -0.05) is 452 Å². The molecule has 0 atom stereocenters. The van der Waals surface area contributed by atoms with Gasteiger partial charge >= 0.3 is 0 Å². The van der Waals surface area contributed by atoms with Gasteiger partial charge in [-0.2, -0.15) is 0 Å². The number of allylic oxidation sites excluding steroid dienone is 2. The lowest BCUT2D eigenvalue weighted by molar-refractivity contribution is 0.527. The Bertz CT molecular complexity index is 216. The molecule has 0 nitrogen and oxygen atoms in total. The summed E-state index contributed by atoms with van der Waals surface area (Å²) in [6.45, 7) is 138. The summed E-state index contributed by atoms with van der Waals surface area (Å²) in [6, 6.07) is 0. The highest BCUT2D eigenvalue weighted by molar-refractivity contribution is 4.73. The lowest BCUT2D eigenvalue weighted by Crippen LogP contribution is -1.77. The lowest BCUT2D eigenvalue weighted by Gasteiger charge is -1.90. The van der Waals surface area contributed by atoms with E-state index in [1.807, 2.05) is 318 Å². The van der Waals surface area contributed by atoms with Crippen LogP contribution in [0.4, 0.5) is 4.39 Å². The van der Waals surface area contributed by atoms with Crippen molar-refractivity contribution in [3.8, 4) is 12.3 Å². The molecule has 0 aliphatic carbocycles. The summed E-state index contributed by atoms with van der Waals surface area (Å²) in [4.78, 5) is 0. The lowest BCUT2D eigenvalue weighted by atomic mass is 10.2. The van der Waals surface area contributed by atoms with Gasteiger partial charge in [0, 0.05) is 0 Å². The summed E-state index contributed by atoms with van der Waals surface area (Å²) in [7, 11) is 0. The topological polar surface area (TPSA) is 0 Å². The van der Waals surface area contributed by atoms with Crippen molar-refractivity contribution in [3.63, 3.8) is 0 Å². The van der Waals surface area contributed by atoms with Crippen LogP contribution in [0.3, 0.4) is 0 Å². The minimum atomic E-state index is -0.250. The van der Waals surface area contributed by atoms with Crippen LogP contribution in [0.1, 0.15) is 468 Å². The fourth-order valence-corrected chi connectivity index (χ4v) is 0. The average Bonchev–Trinajstić information content (AvgIpc) is 3.57. The van der Waals surface area contributed by atoms with E-state index >= 15 is 0 Å². The highest BCUT2D eigenvalue weighted by Gasteiger charge is 1.80. The smallest absolute Gasteiger partial charge is 0.0866 e. The summed E-state index contributed by atoms with van der Waals surface area (Å²) in [5, 5.41) is 0. The summed E-state index contributed by atoms with van der Waals surface area (Å²) in [5.74, 6) is 3.97. The Labute approximate surface area is 538 Å². The molecule has 536 valence electrons. The van der Waals surface area contributed by atoms with Gasteiger partial charge in [-0.15, -0.1) is 38.7 Å². The number of halogens is 1. The van der Waals surface area contributed by atoms with Gasteiger partial charge < -0.3 is 0 Å². The van der Waals surface area contributed by atoms with E-state index in [2.05, 4.69) is 136 Å². The zero-order valence-corrected chi connectivity index (χ0v) is 73.5. The van der Waals surface area contributed by atoms with Crippen molar-refractivity contribution < 1.29 is 4.39 Å². The van der Waals surface area contributed by atoms with Crippen LogP contribution in [0.5, 0.6) is 0 Å². The molecular weight excluding hydrogens is 968 g/mol. The molecule has 0 fully saturated rings. The highest BCUT2D eigenvalue weighted by Crippen LogP contribution is 1.93. The van der Waals surface area contributed by atoms with E-state index in [9.17, 15) is 4.39 Å². The molecule has 0 aromatic carbocycles. The largest absolute Gasteiger partial charge is 0.251 e. The van der Waals surface area contributed by atoms with Crippen molar-refractivity contribution >= 4 is 0 Å². The van der Waals surface area contributed by atoms with Crippen LogP contribution in [0.25, 0.3) is 0 Å². The Hall–Kier alpha value is -1.29. The Morgan fingerprint density at radius 1 is 0.312 bits per heavy atom. The number of hydrogen-bond acceptors (Lipinski definition) is 0. The zero-order chi connectivity index (χ0) is 76.2. The SMILES string of the molecule is C#CC.C=C.C=CC.C=CC.CC.CC.CC.CC.CC.CC.CC.CC.CC.CC.CC.CC.CC.CC.CC.CC.CC.CC.CC.CC.CC.CC.CC(C)C.CCC.CCC.CCC.CCC(C)C.CCCC.CCF. The van der Waals surface area contributed by atoms with Crippen LogP contribution in [0.2, 0.25) is 0 Å². The predicted octanol–water partition coefficient (Wildman–Crippen LogP) is 37.1. The first-order valence-corrected chi connectivity index (χ1v) is 36.4. The first kappa shape index (κ1) is 227. The minimum absolute atomic E-state index is 0.250. The Morgan fingerprint density at radius 3 is 0.338 bits per heavy atom.